The Bertz CT molecular complexity index is 564. The first-order valence-electron chi connectivity index (χ1n) is 5.37. The summed E-state index contributed by atoms with van der Waals surface area (Å²) in [6.45, 7) is 1.47. The molecule has 2 rings (SSSR count). The molecule has 2 aromatic rings. The van der Waals surface area contributed by atoms with Crippen LogP contribution < -0.4 is 0 Å². The lowest BCUT2D eigenvalue weighted by Crippen LogP contribution is -1.97. The third kappa shape index (κ3) is 2.43. The van der Waals surface area contributed by atoms with Gasteiger partial charge in [0.1, 0.15) is 0 Å². The van der Waals surface area contributed by atoms with Gasteiger partial charge in [-0.25, -0.2) is 4.79 Å². The van der Waals surface area contributed by atoms with Crippen LogP contribution in [0.3, 0.4) is 0 Å². The molecular formula is C14H11NO3. The Balaban J connectivity index is 2.48. The van der Waals surface area contributed by atoms with Gasteiger partial charge in [0.25, 0.3) is 0 Å². The molecule has 1 aromatic carbocycles. The lowest BCUT2D eigenvalue weighted by atomic mass is 10.0. The van der Waals surface area contributed by atoms with Crippen LogP contribution in [0.4, 0.5) is 0 Å². The fraction of sp³-hybridized carbons (Fsp3) is 0.0714. The number of nitrogens with zero attached hydrogens (tertiary/aromatic N) is 1. The van der Waals surface area contributed by atoms with Crippen LogP contribution >= 0.6 is 0 Å². The molecule has 0 unspecified atom stereocenters. The molecule has 0 aliphatic heterocycles. The number of hydrogen-bond donors (Lipinski definition) is 1. The van der Waals surface area contributed by atoms with E-state index in [9.17, 15) is 9.59 Å². The highest BCUT2D eigenvalue weighted by atomic mass is 16.4. The minimum absolute atomic E-state index is 0.0706. The number of benzene rings is 1. The molecule has 4 nitrogen and oxygen atoms in total. The first kappa shape index (κ1) is 12.0. The molecule has 0 amide bonds. The molecule has 0 saturated carbocycles. The standard InChI is InChI=1S/C14H11NO3/c1-9(16)12-6-13(8-15-7-12)10-3-2-4-11(5-10)14(17)18/h2-8H,1H3,(H,17,18). The van der Waals surface area contributed by atoms with Gasteiger partial charge in [-0.15, -0.1) is 0 Å². The van der Waals surface area contributed by atoms with Crippen LogP contribution in [0.25, 0.3) is 11.1 Å². The summed E-state index contributed by atoms with van der Waals surface area (Å²) < 4.78 is 0. The molecule has 18 heavy (non-hydrogen) atoms. The summed E-state index contributed by atoms with van der Waals surface area (Å²) in [5, 5.41) is 8.93. The lowest BCUT2D eigenvalue weighted by Gasteiger charge is -2.04. The normalized spacial score (nSPS) is 10.1. The van der Waals surface area contributed by atoms with Gasteiger partial charge >= 0.3 is 5.97 Å². The second kappa shape index (κ2) is 4.79. The van der Waals surface area contributed by atoms with Crippen LogP contribution in [0.2, 0.25) is 0 Å². The fourth-order valence-electron chi connectivity index (χ4n) is 1.62. The second-order valence-corrected chi connectivity index (χ2v) is 3.90. The Hall–Kier alpha value is -2.49. The Morgan fingerprint density at radius 2 is 1.78 bits per heavy atom. The van der Waals surface area contributed by atoms with Crippen molar-refractivity contribution < 1.29 is 14.7 Å². The summed E-state index contributed by atoms with van der Waals surface area (Å²) in [5.41, 5.74) is 2.17. The molecule has 0 atom stereocenters. The van der Waals surface area contributed by atoms with Crippen molar-refractivity contribution in [3.63, 3.8) is 0 Å². The molecule has 90 valence electrons. The van der Waals surface area contributed by atoms with E-state index in [0.29, 0.717) is 5.56 Å². The van der Waals surface area contributed by atoms with Crippen LogP contribution in [-0.4, -0.2) is 21.8 Å². The van der Waals surface area contributed by atoms with E-state index in [1.165, 1.54) is 19.2 Å². The van der Waals surface area contributed by atoms with E-state index in [0.717, 1.165) is 11.1 Å². The van der Waals surface area contributed by atoms with Crippen molar-refractivity contribution in [2.45, 2.75) is 6.92 Å². The summed E-state index contributed by atoms with van der Waals surface area (Å²) in [6.07, 6.45) is 3.10. The van der Waals surface area contributed by atoms with Crippen molar-refractivity contribution in [3.05, 3.63) is 53.9 Å². The van der Waals surface area contributed by atoms with Crippen molar-refractivity contribution >= 4 is 11.8 Å². The van der Waals surface area contributed by atoms with Gasteiger partial charge in [-0.2, -0.15) is 0 Å². The molecule has 0 aliphatic carbocycles. The smallest absolute Gasteiger partial charge is 0.335 e. The van der Waals surface area contributed by atoms with Crippen LogP contribution in [0, 0.1) is 0 Å². The minimum atomic E-state index is -0.979. The number of carbonyl (C=O) groups is 2. The van der Waals surface area contributed by atoms with Crippen molar-refractivity contribution in [3.8, 4) is 11.1 Å². The van der Waals surface area contributed by atoms with E-state index in [4.69, 9.17) is 5.11 Å². The van der Waals surface area contributed by atoms with Crippen molar-refractivity contribution in [1.29, 1.82) is 0 Å². The van der Waals surface area contributed by atoms with E-state index < -0.39 is 5.97 Å². The van der Waals surface area contributed by atoms with Gasteiger partial charge in [0.15, 0.2) is 5.78 Å². The molecular weight excluding hydrogens is 230 g/mol. The highest BCUT2D eigenvalue weighted by Crippen LogP contribution is 2.20. The van der Waals surface area contributed by atoms with Gasteiger partial charge in [-0.3, -0.25) is 9.78 Å². The Morgan fingerprint density at radius 1 is 1.06 bits per heavy atom. The second-order valence-electron chi connectivity index (χ2n) is 3.90. The first-order chi connectivity index (χ1) is 8.58. The molecule has 4 heteroatoms. The predicted molar refractivity (Wildman–Crippen MR) is 66.6 cm³/mol. The molecule has 1 aromatic heterocycles. The minimum Gasteiger partial charge on any atom is -0.478 e. The highest BCUT2D eigenvalue weighted by molar-refractivity contribution is 5.95. The van der Waals surface area contributed by atoms with Gasteiger partial charge in [-0.05, 0) is 30.7 Å². The van der Waals surface area contributed by atoms with Crippen LogP contribution in [0.15, 0.2) is 42.7 Å². The van der Waals surface area contributed by atoms with Crippen molar-refractivity contribution in [2.24, 2.45) is 0 Å². The zero-order chi connectivity index (χ0) is 13.1. The van der Waals surface area contributed by atoms with Crippen molar-refractivity contribution in [1.82, 2.24) is 4.98 Å². The number of carboxylic acids is 1. The maximum atomic E-state index is 11.3. The summed E-state index contributed by atoms with van der Waals surface area (Å²) in [6, 6.07) is 8.24. The fourth-order valence-corrected chi connectivity index (χ4v) is 1.62. The maximum Gasteiger partial charge on any atom is 0.335 e. The number of carbonyl (C=O) groups excluding carboxylic acids is 1. The lowest BCUT2D eigenvalue weighted by molar-refractivity contribution is 0.0696. The molecule has 0 aliphatic rings. The van der Waals surface area contributed by atoms with Gasteiger partial charge in [0, 0.05) is 23.5 Å². The third-order valence-corrected chi connectivity index (χ3v) is 2.59. The van der Waals surface area contributed by atoms with Crippen LogP contribution in [0.1, 0.15) is 27.6 Å². The number of rotatable bonds is 3. The summed E-state index contributed by atoms with van der Waals surface area (Å²) >= 11 is 0. The zero-order valence-corrected chi connectivity index (χ0v) is 9.75. The first-order valence-corrected chi connectivity index (χ1v) is 5.37. The number of hydrogen-bond acceptors (Lipinski definition) is 3. The van der Waals surface area contributed by atoms with E-state index in [1.54, 1.807) is 30.5 Å². The van der Waals surface area contributed by atoms with Gasteiger partial charge in [0.2, 0.25) is 0 Å². The highest BCUT2D eigenvalue weighted by Gasteiger charge is 2.07. The molecule has 1 N–H and O–H groups in total. The monoisotopic (exact) mass is 241 g/mol. The number of aromatic carboxylic acids is 1. The number of carboxylic acid groups (broad SMARTS) is 1. The average Bonchev–Trinajstić information content (AvgIpc) is 2.39. The molecule has 1 heterocycles. The molecule has 0 spiro atoms. The molecule has 0 radical (unpaired) electrons. The van der Waals surface area contributed by atoms with Gasteiger partial charge in [0.05, 0.1) is 5.56 Å². The van der Waals surface area contributed by atoms with Crippen molar-refractivity contribution in [2.75, 3.05) is 0 Å². The molecule has 0 saturated heterocycles. The topological polar surface area (TPSA) is 67.3 Å². The Morgan fingerprint density at radius 3 is 2.44 bits per heavy atom. The number of ketones is 1. The number of aromatic nitrogens is 1. The van der Waals surface area contributed by atoms with Crippen LogP contribution in [-0.2, 0) is 0 Å². The summed E-state index contributed by atoms with van der Waals surface area (Å²) in [7, 11) is 0. The largest absolute Gasteiger partial charge is 0.478 e. The molecule has 0 bridgehead atoms. The zero-order valence-electron chi connectivity index (χ0n) is 9.75. The van der Waals surface area contributed by atoms with E-state index in [1.807, 2.05) is 0 Å². The average molecular weight is 241 g/mol. The third-order valence-electron chi connectivity index (χ3n) is 2.59. The van der Waals surface area contributed by atoms with E-state index in [-0.39, 0.29) is 11.3 Å². The Kier molecular flexibility index (Phi) is 3.19. The number of Topliss-reactive ketones (excluding diaryl/α,β-unsaturated/α-hetero) is 1. The number of pyridine rings is 1. The SMILES string of the molecule is CC(=O)c1cncc(-c2cccc(C(=O)O)c2)c1. The summed E-state index contributed by atoms with van der Waals surface area (Å²) in [4.78, 5) is 26.1. The molecule has 0 fully saturated rings. The quantitative estimate of drug-likeness (QED) is 0.839. The predicted octanol–water partition coefficient (Wildman–Crippen LogP) is 2.65. The van der Waals surface area contributed by atoms with Gasteiger partial charge < -0.3 is 5.11 Å². The maximum absolute atomic E-state index is 11.3. The van der Waals surface area contributed by atoms with Gasteiger partial charge in [-0.1, -0.05) is 12.1 Å². The van der Waals surface area contributed by atoms with Crippen LogP contribution in [0.5, 0.6) is 0 Å². The Labute approximate surface area is 104 Å². The van der Waals surface area contributed by atoms with E-state index >= 15 is 0 Å². The summed E-state index contributed by atoms with van der Waals surface area (Å²) in [5.74, 6) is -1.05. The van der Waals surface area contributed by atoms with E-state index in [2.05, 4.69) is 4.98 Å².